The summed E-state index contributed by atoms with van der Waals surface area (Å²) in [6, 6.07) is -0.126. The second kappa shape index (κ2) is 5.53. The minimum Gasteiger partial charge on any atom is -0.463 e. The average Bonchev–Trinajstić information content (AvgIpc) is 2.61. The van der Waals surface area contributed by atoms with Crippen molar-refractivity contribution in [2.75, 3.05) is 19.8 Å². The van der Waals surface area contributed by atoms with Crippen molar-refractivity contribution < 1.29 is 19.1 Å². The summed E-state index contributed by atoms with van der Waals surface area (Å²) in [6.07, 6.45) is 1.33. The molecule has 1 amide bonds. The van der Waals surface area contributed by atoms with Gasteiger partial charge < -0.3 is 9.47 Å². The van der Waals surface area contributed by atoms with Gasteiger partial charge in [0.05, 0.1) is 31.4 Å². The predicted molar refractivity (Wildman–Crippen MR) is 57.9 cm³/mol. The lowest BCUT2D eigenvalue weighted by Crippen LogP contribution is -2.35. The second-order valence-electron chi connectivity index (χ2n) is 3.48. The van der Waals surface area contributed by atoms with Gasteiger partial charge in [-0.25, -0.2) is 9.59 Å². The van der Waals surface area contributed by atoms with Gasteiger partial charge in [-0.05, 0) is 26.8 Å². The Kier molecular flexibility index (Phi) is 4.34. The van der Waals surface area contributed by atoms with Crippen molar-refractivity contribution in [2.24, 2.45) is 0 Å². The van der Waals surface area contributed by atoms with Crippen molar-refractivity contribution in [3.05, 3.63) is 11.6 Å². The van der Waals surface area contributed by atoms with E-state index in [2.05, 4.69) is 0 Å². The van der Waals surface area contributed by atoms with Gasteiger partial charge in [-0.1, -0.05) is 0 Å². The summed E-state index contributed by atoms with van der Waals surface area (Å²) in [7, 11) is 0. The van der Waals surface area contributed by atoms with E-state index in [9.17, 15) is 9.59 Å². The van der Waals surface area contributed by atoms with E-state index in [0.29, 0.717) is 18.8 Å². The third kappa shape index (κ3) is 2.74. The smallest absolute Gasteiger partial charge is 0.410 e. The summed E-state index contributed by atoms with van der Waals surface area (Å²) in [6.45, 7) is 6.26. The van der Waals surface area contributed by atoms with Crippen LogP contribution in [0.5, 0.6) is 0 Å². The molecule has 0 spiro atoms. The van der Waals surface area contributed by atoms with Gasteiger partial charge >= 0.3 is 12.1 Å². The van der Waals surface area contributed by atoms with Crippen LogP contribution in [-0.4, -0.2) is 42.8 Å². The maximum atomic E-state index is 11.5. The molecule has 0 saturated heterocycles. The zero-order valence-electron chi connectivity index (χ0n) is 9.86. The lowest BCUT2D eigenvalue weighted by Gasteiger charge is -2.20. The molecule has 0 aromatic carbocycles. The highest BCUT2D eigenvalue weighted by Gasteiger charge is 2.30. The van der Waals surface area contributed by atoms with Gasteiger partial charge in [-0.3, -0.25) is 4.90 Å². The van der Waals surface area contributed by atoms with Crippen LogP contribution < -0.4 is 0 Å². The Bertz CT molecular complexity index is 311. The van der Waals surface area contributed by atoms with Gasteiger partial charge in [0.25, 0.3) is 0 Å². The maximum Gasteiger partial charge on any atom is 0.410 e. The quantitative estimate of drug-likeness (QED) is 0.683. The van der Waals surface area contributed by atoms with Gasteiger partial charge in [0.1, 0.15) is 0 Å². The molecule has 0 saturated carbocycles. The Morgan fingerprint density at radius 3 is 2.56 bits per heavy atom. The van der Waals surface area contributed by atoms with Crippen LogP contribution in [0.1, 0.15) is 20.8 Å². The molecule has 0 bridgehead atoms. The summed E-state index contributed by atoms with van der Waals surface area (Å²) in [5, 5.41) is 0. The van der Waals surface area contributed by atoms with Crippen LogP contribution in [0.4, 0.5) is 4.79 Å². The van der Waals surface area contributed by atoms with Gasteiger partial charge in [0.15, 0.2) is 0 Å². The van der Waals surface area contributed by atoms with Crippen LogP contribution in [0.25, 0.3) is 0 Å². The maximum absolute atomic E-state index is 11.5. The van der Waals surface area contributed by atoms with Crippen molar-refractivity contribution in [3.63, 3.8) is 0 Å². The summed E-state index contributed by atoms with van der Waals surface area (Å²) >= 11 is 0. The van der Waals surface area contributed by atoms with Gasteiger partial charge in [-0.2, -0.15) is 0 Å². The molecule has 1 aliphatic heterocycles. The lowest BCUT2D eigenvalue weighted by molar-refractivity contribution is -0.138. The van der Waals surface area contributed by atoms with E-state index in [1.54, 1.807) is 19.9 Å². The summed E-state index contributed by atoms with van der Waals surface area (Å²) in [4.78, 5) is 24.4. The lowest BCUT2D eigenvalue weighted by atomic mass is 10.2. The highest BCUT2D eigenvalue weighted by Crippen LogP contribution is 2.18. The molecule has 90 valence electrons. The van der Waals surface area contributed by atoms with Crippen molar-refractivity contribution in [3.8, 4) is 0 Å². The number of carbonyl (C=O) groups excluding carboxylic acids is 2. The highest BCUT2D eigenvalue weighted by atomic mass is 16.6. The van der Waals surface area contributed by atoms with Gasteiger partial charge in [0, 0.05) is 0 Å². The predicted octanol–water partition coefficient (Wildman–Crippen LogP) is 1.34. The third-order valence-electron chi connectivity index (χ3n) is 2.31. The fourth-order valence-corrected chi connectivity index (χ4v) is 1.55. The molecule has 0 aromatic rings. The first-order valence-corrected chi connectivity index (χ1v) is 5.41. The van der Waals surface area contributed by atoms with Crippen LogP contribution in [0, 0.1) is 0 Å². The number of esters is 1. The first kappa shape index (κ1) is 12.5. The largest absolute Gasteiger partial charge is 0.463 e. The number of hydrogen-bond acceptors (Lipinski definition) is 4. The van der Waals surface area contributed by atoms with Crippen molar-refractivity contribution in [1.29, 1.82) is 0 Å². The number of hydrogen-bond donors (Lipinski definition) is 0. The van der Waals surface area contributed by atoms with Crippen LogP contribution in [0.2, 0.25) is 0 Å². The molecular formula is C11H17NO4. The minimum absolute atomic E-state index is 0.126. The molecule has 0 N–H and O–H groups in total. The van der Waals surface area contributed by atoms with Crippen molar-refractivity contribution in [1.82, 2.24) is 4.90 Å². The molecule has 0 aliphatic carbocycles. The Morgan fingerprint density at radius 1 is 1.38 bits per heavy atom. The number of nitrogens with zero attached hydrogens (tertiary/aromatic N) is 1. The molecule has 1 atom stereocenters. The Hall–Kier alpha value is -1.52. The Balaban J connectivity index is 2.59. The Labute approximate surface area is 95.0 Å². The number of rotatable bonds is 3. The normalized spacial score (nSPS) is 19.3. The summed E-state index contributed by atoms with van der Waals surface area (Å²) < 4.78 is 9.76. The molecule has 5 nitrogen and oxygen atoms in total. The van der Waals surface area contributed by atoms with E-state index in [0.717, 1.165) is 0 Å². The number of amides is 1. The van der Waals surface area contributed by atoms with E-state index in [1.165, 1.54) is 4.90 Å². The topological polar surface area (TPSA) is 55.8 Å². The summed E-state index contributed by atoms with van der Waals surface area (Å²) in [5.41, 5.74) is 0.516. The molecular weight excluding hydrogens is 210 g/mol. The second-order valence-corrected chi connectivity index (χ2v) is 3.48. The van der Waals surface area contributed by atoms with E-state index < -0.39 is 6.09 Å². The van der Waals surface area contributed by atoms with Gasteiger partial charge in [0.2, 0.25) is 0 Å². The van der Waals surface area contributed by atoms with Crippen LogP contribution in [0.3, 0.4) is 0 Å². The molecule has 16 heavy (non-hydrogen) atoms. The summed E-state index contributed by atoms with van der Waals surface area (Å²) in [5.74, 6) is -0.360. The van der Waals surface area contributed by atoms with E-state index in [-0.39, 0.29) is 18.6 Å². The highest BCUT2D eigenvalue weighted by molar-refractivity contribution is 5.91. The van der Waals surface area contributed by atoms with E-state index in [1.807, 2.05) is 6.92 Å². The standard InChI is InChI=1S/C11H17NO4/c1-4-15-10(13)9-6-8(3)12(7-9)11(14)16-5-2/h6,8H,4-5,7H2,1-3H3. The third-order valence-corrected chi connectivity index (χ3v) is 2.31. The monoisotopic (exact) mass is 227 g/mol. The number of ether oxygens (including phenoxy) is 2. The minimum atomic E-state index is -0.398. The fraction of sp³-hybridized carbons (Fsp3) is 0.636. The van der Waals surface area contributed by atoms with Crippen LogP contribution in [0.15, 0.2) is 11.6 Å². The molecule has 0 aromatic heterocycles. The zero-order chi connectivity index (χ0) is 12.1. The molecule has 1 heterocycles. The van der Waals surface area contributed by atoms with Crippen molar-refractivity contribution >= 4 is 12.1 Å². The SMILES string of the molecule is CCOC(=O)C1=CC(C)N(C(=O)OCC)C1. The Morgan fingerprint density at radius 2 is 2.00 bits per heavy atom. The average molecular weight is 227 g/mol. The molecule has 1 unspecified atom stereocenters. The molecule has 0 fully saturated rings. The molecule has 5 heteroatoms. The van der Waals surface area contributed by atoms with Crippen molar-refractivity contribution in [2.45, 2.75) is 26.8 Å². The number of carbonyl (C=O) groups is 2. The molecule has 1 rings (SSSR count). The zero-order valence-corrected chi connectivity index (χ0v) is 9.86. The molecule has 0 radical (unpaired) electrons. The van der Waals surface area contributed by atoms with Crippen LogP contribution in [-0.2, 0) is 14.3 Å². The molecule has 1 aliphatic rings. The first-order chi connectivity index (χ1) is 7.60. The fourth-order valence-electron chi connectivity index (χ4n) is 1.55. The van der Waals surface area contributed by atoms with Crippen LogP contribution >= 0.6 is 0 Å². The van der Waals surface area contributed by atoms with Gasteiger partial charge in [-0.15, -0.1) is 0 Å². The van der Waals surface area contributed by atoms with E-state index >= 15 is 0 Å². The van der Waals surface area contributed by atoms with E-state index in [4.69, 9.17) is 9.47 Å². The first-order valence-electron chi connectivity index (χ1n) is 5.41.